The number of halogens is 1. The van der Waals surface area contributed by atoms with Gasteiger partial charge in [-0.3, -0.25) is 14.0 Å². The number of fused-ring (bicyclic) bond motifs is 1. The molecule has 0 atom stereocenters. The van der Waals surface area contributed by atoms with Crippen molar-refractivity contribution in [3.8, 4) is 17.0 Å². The van der Waals surface area contributed by atoms with E-state index in [-0.39, 0.29) is 23.5 Å². The lowest BCUT2D eigenvalue weighted by atomic mass is 9.95. The van der Waals surface area contributed by atoms with E-state index in [1.54, 1.807) is 30.7 Å². The molecule has 2 aromatic carbocycles. The maximum atomic E-state index is 14.4. The number of anilines is 2. The second-order valence-electron chi connectivity index (χ2n) is 11.5. The first-order chi connectivity index (χ1) is 21.4. The average molecular weight is 600 g/mol. The molecular formula is C33H38FN7O3. The summed E-state index contributed by atoms with van der Waals surface area (Å²) in [5.74, 6) is 0.309. The van der Waals surface area contributed by atoms with Crippen LogP contribution in [0.4, 0.5) is 15.9 Å². The molecule has 2 amide bonds. The van der Waals surface area contributed by atoms with Crippen molar-refractivity contribution in [2.75, 3.05) is 51.7 Å². The fourth-order valence-electron chi connectivity index (χ4n) is 5.94. The summed E-state index contributed by atoms with van der Waals surface area (Å²) < 4.78 is 21.2. The van der Waals surface area contributed by atoms with Crippen LogP contribution in [0, 0.1) is 18.7 Å². The standard InChI is InChI=1S/C33H38FN7O3/c1-22-19-25(38-30-31-37-21-28(41(31)18-12-35-30)24-5-8-29(44-2)27(34)20-24)6-7-26(22)33(43)40-16-9-23(10-17-40)32(42)36-11-3-13-39-14-4-15-39/h5-8,12,18-21,23H,3-4,9-11,13-17H2,1-2H3,(H,35,38)(H,36,42). The van der Waals surface area contributed by atoms with Gasteiger partial charge in [-0.25, -0.2) is 14.4 Å². The van der Waals surface area contributed by atoms with Gasteiger partial charge >= 0.3 is 0 Å². The Labute approximate surface area is 256 Å². The lowest BCUT2D eigenvalue weighted by molar-refractivity contribution is -0.126. The molecule has 2 aliphatic rings. The van der Waals surface area contributed by atoms with E-state index in [0.29, 0.717) is 60.8 Å². The van der Waals surface area contributed by atoms with E-state index >= 15 is 0 Å². The van der Waals surface area contributed by atoms with Gasteiger partial charge in [-0.15, -0.1) is 0 Å². The third kappa shape index (κ3) is 6.23. The summed E-state index contributed by atoms with van der Waals surface area (Å²) in [7, 11) is 1.43. The minimum atomic E-state index is -0.448. The van der Waals surface area contributed by atoms with Crippen LogP contribution in [0.5, 0.6) is 5.75 Å². The van der Waals surface area contributed by atoms with E-state index < -0.39 is 5.82 Å². The van der Waals surface area contributed by atoms with Crippen molar-refractivity contribution < 1.29 is 18.7 Å². The molecule has 0 saturated carbocycles. The molecule has 0 aliphatic carbocycles. The number of aryl methyl sites for hydroxylation is 1. The van der Waals surface area contributed by atoms with Crippen LogP contribution >= 0.6 is 0 Å². The van der Waals surface area contributed by atoms with E-state index in [9.17, 15) is 14.0 Å². The molecule has 44 heavy (non-hydrogen) atoms. The van der Waals surface area contributed by atoms with Gasteiger partial charge in [0.25, 0.3) is 5.91 Å². The van der Waals surface area contributed by atoms with Gasteiger partial charge in [-0.05, 0) is 94.2 Å². The number of carbonyl (C=O) groups excluding carboxylic acids is 2. The predicted octanol–water partition coefficient (Wildman–Crippen LogP) is 4.66. The molecule has 4 aromatic rings. The molecule has 2 fully saturated rings. The number of nitrogens with one attached hydrogen (secondary N) is 2. The Hall–Kier alpha value is -4.51. The maximum Gasteiger partial charge on any atom is 0.254 e. The molecule has 230 valence electrons. The van der Waals surface area contributed by atoms with Crippen molar-refractivity contribution in [3.05, 3.63) is 71.9 Å². The van der Waals surface area contributed by atoms with E-state index in [1.807, 2.05) is 34.4 Å². The fraction of sp³-hybridized carbons (Fsp3) is 0.394. The van der Waals surface area contributed by atoms with Gasteiger partial charge in [0.15, 0.2) is 23.0 Å². The molecule has 11 heteroatoms. The van der Waals surface area contributed by atoms with Crippen LogP contribution in [0.25, 0.3) is 16.9 Å². The zero-order valence-corrected chi connectivity index (χ0v) is 25.2. The first kappa shape index (κ1) is 29.6. The van der Waals surface area contributed by atoms with Crippen molar-refractivity contribution in [2.24, 2.45) is 5.92 Å². The van der Waals surface area contributed by atoms with Crippen LogP contribution in [0.3, 0.4) is 0 Å². The van der Waals surface area contributed by atoms with E-state index in [2.05, 4.69) is 25.5 Å². The number of hydrogen-bond acceptors (Lipinski definition) is 7. The second-order valence-corrected chi connectivity index (χ2v) is 11.5. The third-order valence-electron chi connectivity index (χ3n) is 8.65. The number of imidazole rings is 1. The molecular weight excluding hydrogens is 561 g/mol. The summed E-state index contributed by atoms with van der Waals surface area (Å²) in [5, 5.41) is 6.41. The number of benzene rings is 2. The highest BCUT2D eigenvalue weighted by Crippen LogP contribution is 2.29. The average Bonchev–Trinajstić information content (AvgIpc) is 3.45. The van der Waals surface area contributed by atoms with Crippen LogP contribution in [-0.2, 0) is 4.79 Å². The summed E-state index contributed by atoms with van der Waals surface area (Å²) in [4.78, 5) is 39.3. The van der Waals surface area contributed by atoms with Gasteiger partial charge in [0.05, 0.1) is 19.0 Å². The largest absolute Gasteiger partial charge is 0.494 e. The zero-order valence-electron chi connectivity index (χ0n) is 25.2. The Balaban J connectivity index is 1.07. The smallest absolute Gasteiger partial charge is 0.254 e. The van der Waals surface area contributed by atoms with E-state index in [4.69, 9.17) is 4.74 Å². The Morgan fingerprint density at radius 3 is 2.59 bits per heavy atom. The SMILES string of the molecule is COc1ccc(-c2cnc3c(Nc4ccc(C(=O)N5CCC(C(=O)NCCCN6CCC6)CC5)c(C)c4)nccn23)cc1F. The molecule has 0 unspecified atom stereocenters. The van der Waals surface area contributed by atoms with Crippen LogP contribution in [0.1, 0.15) is 41.6 Å². The number of hydrogen-bond donors (Lipinski definition) is 2. The Kier molecular flexibility index (Phi) is 8.74. The Morgan fingerprint density at radius 1 is 1.07 bits per heavy atom. The number of carbonyl (C=O) groups is 2. The van der Waals surface area contributed by atoms with Gasteiger partial charge in [-0.1, -0.05) is 0 Å². The third-order valence-corrected chi connectivity index (χ3v) is 8.65. The molecule has 4 heterocycles. The van der Waals surface area contributed by atoms with Gasteiger partial charge < -0.3 is 25.2 Å². The van der Waals surface area contributed by atoms with Crippen molar-refractivity contribution in [1.82, 2.24) is 29.5 Å². The summed E-state index contributed by atoms with van der Waals surface area (Å²) >= 11 is 0. The number of likely N-dealkylation sites (tertiary alicyclic amines) is 2. The maximum absolute atomic E-state index is 14.4. The summed E-state index contributed by atoms with van der Waals surface area (Å²) in [6.07, 6.45) is 8.72. The predicted molar refractivity (Wildman–Crippen MR) is 167 cm³/mol. The molecule has 2 aliphatic heterocycles. The quantitative estimate of drug-likeness (QED) is 0.256. The van der Waals surface area contributed by atoms with Crippen LogP contribution in [0.15, 0.2) is 55.0 Å². The number of nitrogens with zero attached hydrogens (tertiary/aromatic N) is 5. The second kappa shape index (κ2) is 13.0. The van der Waals surface area contributed by atoms with Crippen molar-refractivity contribution >= 4 is 29.0 Å². The molecule has 0 bridgehead atoms. The summed E-state index contributed by atoms with van der Waals surface area (Å²) in [6, 6.07) is 10.4. The van der Waals surface area contributed by atoms with Gasteiger partial charge in [0, 0.05) is 54.8 Å². The first-order valence-electron chi connectivity index (χ1n) is 15.2. The van der Waals surface area contributed by atoms with Gasteiger partial charge in [-0.2, -0.15) is 0 Å². The van der Waals surface area contributed by atoms with Crippen molar-refractivity contribution in [3.63, 3.8) is 0 Å². The van der Waals surface area contributed by atoms with Crippen LogP contribution in [-0.4, -0.2) is 82.4 Å². The zero-order chi connectivity index (χ0) is 30.6. The number of methoxy groups -OCH3 is 1. The molecule has 6 rings (SSSR count). The summed E-state index contributed by atoms with van der Waals surface area (Å²) in [5.41, 5.74) is 4.21. The van der Waals surface area contributed by atoms with Gasteiger partial charge in [0.2, 0.25) is 5.91 Å². The highest BCUT2D eigenvalue weighted by atomic mass is 19.1. The lowest BCUT2D eigenvalue weighted by Gasteiger charge is -2.32. The summed E-state index contributed by atoms with van der Waals surface area (Å²) in [6.45, 7) is 7.16. The van der Waals surface area contributed by atoms with E-state index in [1.165, 1.54) is 32.7 Å². The molecule has 2 aromatic heterocycles. The van der Waals surface area contributed by atoms with Crippen molar-refractivity contribution in [1.29, 1.82) is 0 Å². The molecule has 10 nitrogen and oxygen atoms in total. The fourth-order valence-corrected chi connectivity index (χ4v) is 5.94. The minimum Gasteiger partial charge on any atom is -0.494 e. The molecule has 2 N–H and O–H groups in total. The number of amides is 2. The number of aromatic nitrogens is 3. The Bertz CT molecular complexity index is 1660. The number of rotatable bonds is 10. The normalized spacial score (nSPS) is 15.7. The number of piperidine rings is 1. The van der Waals surface area contributed by atoms with E-state index in [0.717, 1.165) is 24.2 Å². The monoisotopic (exact) mass is 599 g/mol. The lowest BCUT2D eigenvalue weighted by Crippen LogP contribution is -2.44. The first-order valence-corrected chi connectivity index (χ1v) is 15.2. The number of ether oxygens (including phenoxy) is 1. The highest BCUT2D eigenvalue weighted by Gasteiger charge is 2.28. The molecule has 0 spiro atoms. The molecule has 2 saturated heterocycles. The highest BCUT2D eigenvalue weighted by molar-refractivity contribution is 5.96. The Morgan fingerprint density at radius 2 is 1.89 bits per heavy atom. The van der Waals surface area contributed by atoms with Crippen molar-refractivity contribution in [2.45, 2.75) is 32.6 Å². The molecule has 0 radical (unpaired) electrons. The van der Waals surface area contributed by atoms with Crippen LogP contribution in [0.2, 0.25) is 0 Å². The topological polar surface area (TPSA) is 104 Å². The minimum absolute atomic E-state index is 0.0210. The van der Waals surface area contributed by atoms with Gasteiger partial charge in [0.1, 0.15) is 0 Å². The van der Waals surface area contributed by atoms with Crippen LogP contribution < -0.4 is 15.4 Å².